The van der Waals surface area contributed by atoms with E-state index in [1.54, 1.807) is 0 Å². The molecule has 1 fully saturated rings. The van der Waals surface area contributed by atoms with Crippen LogP contribution in [0.15, 0.2) is 22.7 Å². The van der Waals surface area contributed by atoms with Crippen molar-refractivity contribution in [3.8, 4) is 5.75 Å². The van der Waals surface area contributed by atoms with Crippen molar-refractivity contribution in [1.82, 2.24) is 4.90 Å². The molecule has 100 valence electrons. The second-order valence-electron chi connectivity index (χ2n) is 5.14. The third-order valence-corrected chi connectivity index (χ3v) is 4.17. The Morgan fingerprint density at radius 3 is 2.94 bits per heavy atom. The lowest BCUT2D eigenvalue weighted by molar-refractivity contribution is 0.229. The molecule has 1 aliphatic heterocycles. The topological polar surface area (TPSA) is 12.5 Å². The van der Waals surface area contributed by atoms with E-state index in [9.17, 15) is 0 Å². The molecule has 2 rings (SSSR count). The van der Waals surface area contributed by atoms with Gasteiger partial charge >= 0.3 is 0 Å². The Bertz CT molecular complexity index is 394. The Hall–Kier alpha value is -0.540. The number of likely N-dealkylation sites (tertiary alicyclic amines) is 1. The number of hydrogen-bond acceptors (Lipinski definition) is 2. The van der Waals surface area contributed by atoms with Gasteiger partial charge in [0.25, 0.3) is 0 Å². The molecule has 1 unspecified atom stereocenters. The molecule has 0 bridgehead atoms. The van der Waals surface area contributed by atoms with E-state index >= 15 is 0 Å². The molecule has 18 heavy (non-hydrogen) atoms. The molecule has 0 amide bonds. The van der Waals surface area contributed by atoms with E-state index in [0.717, 1.165) is 35.8 Å². The van der Waals surface area contributed by atoms with E-state index in [1.807, 2.05) is 12.1 Å². The fraction of sp³-hybridized carbons (Fsp3) is 0.600. The van der Waals surface area contributed by atoms with Gasteiger partial charge in [0.1, 0.15) is 5.75 Å². The number of nitrogens with zero attached hydrogens (tertiary/aromatic N) is 1. The first kappa shape index (κ1) is 13.9. The van der Waals surface area contributed by atoms with Gasteiger partial charge in [0.15, 0.2) is 0 Å². The molecule has 0 saturated carbocycles. The van der Waals surface area contributed by atoms with Gasteiger partial charge < -0.3 is 9.64 Å². The van der Waals surface area contributed by atoms with Crippen molar-refractivity contribution in [2.24, 2.45) is 0 Å². The SMILES string of the molecule is Cc1cc(Br)ccc1OCCCN1CCCC1C. The number of rotatable bonds is 5. The Balaban J connectivity index is 1.72. The molecule has 0 spiro atoms. The van der Waals surface area contributed by atoms with Gasteiger partial charge in [0, 0.05) is 17.1 Å². The van der Waals surface area contributed by atoms with Gasteiger partial charge in [-0.1, -0.05) is 15.9 Å². The largest absolute Gasteiger partial charge is 0.493 e. The third-order valence-electron chi connectivity index (χ3n) is 3.67. The summed E-state index contributed by atoms with van der Waals surface area (Å²) in [6, 6.07) is 6.93. The molecule has 1 saturated heterocycles. The molecule has 1 atom stereocenters. The van der Waals surface area contributed by atoms with Gasteiger partial charge in [0.05, 0.1) is 6.61 Å². The molecule has 0 N–H and O–H groups in total. The molecular weight excluding hydrogens is 290 g/mol. The Morgan fingerprint density at radius 2 is 2.28 bits per heavy atom. The zero-order valence-corrected chi connectivity index (χ0v) is 12.9. The highest BCUT2D eigenvalue weighted by Crippen LogP contribution is 2.22. The summed E-state index contributed by atoms with van der Waals surface area (Å²) in [4.78, 5) is 2.57. The molecule has 1 aromatic rings. The Labute approximate surface area is 118 Å². The summed E-state index contributed by atoms with van der Waals surface area (Å²) in [6.07, 6.45) is 3.82. The third kappa shape index (κ3) is 3.72. The fourth-order valence-electron chi connectivity index (χ4n) is 2.55. The van der Waals surface area contributed by atoms with Crippen LogP contribution in [0.4, 0.5) is 0 Å². The summed E-state index contributed by atoms with van der Waals surface area (Å²) in [7, 11) is 0. The van der Waals surface area contributed by atoms with E-state index in [1.165, 1.54) is 24.9 Å². The lowest BCUT2D eigenvalue weighted by atomic mass is 10.2. The lowest BCUT2D eigenvalue weighted by Gasteiger charge is -2.20. The van der Waals surface area contributed by atoms with Crippen LogP contribution >= 0.6 is 15.9 Å². The minimum Gasteiger partial charge on any atom is -0.493 e. The van der Waals surface area contributed by atoms with E-state index in [0.29, 0.717) is 0 Å². The summed E-state index contributed by atoms with van der Waals surface area (Å²) in [5, 5.41) is 0. The van der Waals surface area contributed by atoms with Gasteiger partial charge in [-0.25, -0.2) is 0 Å². The normalized spacial score (nSPS) is 20.3. The van der Waals surface area contributed by atoms with Crippen LogP contribution in [-0.2, 0) is 0 Å². The predicted molar refractivity (Wildman–Crippen MR) is 79.3 cm³/mol. The maximum atomic E-state index is 5.84. The number of halogens is 1. The van der Waals surface area contributed by atoms with Crippen molar-refractivity contribution in [3.63, 3.8) is 0 Å². The van der Waals surface area contributed by atoms with Crippen molar-refractivity contribution >= 4 is 15.9 Å². The highest BCUT2D eigenvalue weighted by Gasteiger charge is 2.19. The summed E-state index contributed by atoms with van der Waals surface area (Å²) in [5.74, 6) is 1.01. The summed E-state index contributed by atoms with van der Waals surface area (Å²) < 4.78 is 6.95. The zero-order chi connectivity index (χ0) is 13.0. The van der Waals surface area contributed by atoms with Crippen LogP contribution in [0.3, 0.4) is 0 Å². The van der Waals surface area contributed by atoms with Crippen molar-refractivity contribution in [2.75, 3.05) is 19.7 Å². The van der Waals surface area contributed by atoms with Crippen LogP contribution in [0.5, 0.6) is 5.75 Å². The molecule has 1 heterocycles. The van der Waals surface area contributed by atoms with Crippen LogP contribution in [-0.4, -0.2) is 30.6 Å². The summed E-state index contributed by atoms with van der Waals surface area (Å²) in [5.41, 5.74) is 1.19. The van der Waals surface area contributed by atoms with E-state index in [4.69, 9.17) is 4.74 Å². The van der Waals surface area contributed by atoms with Crippen molar-refractivity contribution < 1.29 is 4.74 Å². The first-order chi connectivity index (χ1) is 8.66. The Morgan fingerprint density at radius 1 is 1.44 bits per heavy atom. The zero-order valence-electron chi connectivity index (χ0n) is 11.3. The first-order valence-electron chi connectivity index (χ1n) is 6.80. The van der Waals surface area contributed by atoms with Crippen molar-refractivity contribution in [2.45, 2.75) is 39.2 Å². The van der Waals surface area contributed by atoms with Crippen LogP contribution in [0.2, 0.25) is 0 Å². The van der Waals surface area contributed by atoms with Gasteiger partial charge in [-0.15, -0.1) is 0 Å². The van der Waals surface area contributed by atoms with Gasteiger partial charge in [-0.3, -0.25) is 0 Å². The van der Waals surface area contributed by atoms with Crippen LogP contribution < -0.4 is 4.74 Å². The molecular formula is C15H22BrNO. The standard InChI is InChI=1S/C15H22BrNO/c1-12-11-14(16)6-7-15(12)18-10-4-9-17-8-3-5-13(17)2/h6-7,11,13H,3-5,8-10H2,1-2H3. The van der Waals surface area contributed by atoms with Crippen molar-refractivity contribution in [1.29, 1.82) is 0 Å². The van der Waals surface area contributed by atoms with E-state index in [2.05, 4.69) is 40.7 Å². The average Bonchev–Trinajstić information content (AvgIpc) is 2.73. The number of ether oxygens (including phenoxy) is 1. The molecule has 2 nitrogen and oxygen atoms in total. The van der Waals surface area contributed by atoms with Gasteiger partial charge in [-0.2, -0.15) is 0 Å². The minimum atomic E-state index is 0.763. The fourth-order valence-corrected chi connectivity index (χ4v) is 3.03. The van der Waals surface area contributed by atoms with Gasteiger partial charge in [-0.05, 0) is 63.4 Å². The highest BCUT2D eigenvalue weighted by atomic mass is 79.9. The van der Waals surface area contributed by atoms with E-state index < -0.39 is 0 Å². The van der Waals surface area contributed by atoms with E-state index in [-0.39, 0.29) is 0 Å². The quantitative estimate of drug-likeness (QED) is 0.762. The highest BCUT2D eigenvalue weighted by molar-refractivity contribution is 9.10. The number of benzene rings is 1. The maximum Gasteiger partial charge on any atom is 0.122 e. The molecule has 0 aromatic heterocycles. The molecule has 1 aromatic carbocycles. The maximum absolute atomic E-state index is 5.84. The predicted octanol–water partition coefficient (Wildman–Crippen LogP) is 4.01. The minimum absolute atomic E-state index is 0.763. The second-order valence-corrected chi connectivity index (χ2v) is 6.05. The smallest absolute Gasteiger partial charge is 0.122 e. The average molecular weight is 312 g/mol. The molecule has 0 radical (unpaired) electrons. The van der Waals surface area contributed by atoms with Gasteiger partial charge in [0.2, 0.25) is 0 Å². The Kier molecular flexibility index (Phi) is 5.07. The summed E-state index contributed by atoms with van der Waals surface area (Å²) >= 11 is 3.47. The molecule has 0 aliphatic carbocycles. The van der Waals surface area contributed by atoms with Crippen LogP contribution in [0.1, 0.15) is 31.7 Å². The lowest BCUT2D eigenvalue weighted by Crippen LogP contribution is -2.28. The summed E-state index contributed by atoms with van der Waals surface area (Å²) in [6.45, 7) is 7.65. The second kappa shape index (κ2) is 6.58. The number of hydrogen-bond donors (Lipinski definition) is 0. The number of aryl methyl sites for hydroxylation is 1. The molecule has 3 heteroatoms. The van der Waals surface area contributed by atoms with Crippen LogP contribution in [0.25, 0.3) is 0 Å². The monoisotopic (exact) mass is 311 g/mol. The van der Waals surface area contributed by atoms with Crippen LogP contribution in [0, 0.1) is 6.92 Å². The van der Waals surface area contributed by atoms with Crippen molar-refractivity contribution in [3.05, 3.63) is 28.2 Å². The molecule has 1 aliphatic rings. The first-order valence-corrected chi connectivity index (χ1v) is 7.59.